The van der Waals surface area contributed by atoms with Crippen molar-refractivity contribution in [2.24, 2.45) is 17.1 Å². The second kappa shape index (κ2) is 4.88. The minimum atomic E-state index is -2.75. The Balaban J connectivity index is 2.96. The van der Waals surface area contributed by atoms with Crippen LogP contribution in [0, 0.1) is 11.3 Å². The van der Waals surface area contributed by atoms with Crippen LogP contribution in [0.2, 0.25) is 0 Å². The molecule has 88 valence electrons. The minimum absolute atomic E-state index is 0.338. The Labute approximate surface area is 88.0 Å². The number of ether oxygens (including phenoxy) is 1. The van der Waals surface area contributed by atoms with Crippen molar-refractivity contribution in [2.45, 2.75) is 32.1 Å². The Hall–Kier alpha value is -0.710. The number of halogens is 2. The summed E-state index contributed by atoms with van der Waals surface area (Å²) in [6, 6.07) is 0. The molecule has 0 spiro atoms. The van der Waals surface area contributed by atoms with Crippen LogP contribution < -0.4 is 5.73 Å². The molecule has 1 atom stereocenters. The molecule has 0 aliphatic heterocycles. The van der Waals surface area contributed by atoms with Gasteiger partial charge in [0, 0.05) is 6.54 Å². The SMILES string of the molecule is COC(=O)C(CN)(C(F)F)C1CCCC1. The summed E-state index contributed by atoms with van der Waals surface area (Å²) in [6.07, 6.45) is 0.289. The van der Waals surface area contributed by atoms with Crippen LogP contribution in [0.5, 0.6) is 0 Å². The lowest BCUT2D eigenvalue weighted by atomic mass is 9.74. The molecule has 5 heteroatoms. The Morgan fingerprint density at radius 1 is 1.53 bits per heavy atom. The van der Waals surface area contributed by atoms with Crippen molar-refractivity contribution in [2.75, 3.05) is 13.7 Å². The van der Waals surface area contributed by atoms with Crippen molar-refractivity contribution < 1.29 is 18.3 Å². The van der Waals surface area contributed by atoms with E-state index in [2.05, 4.69) is 4.74 Å². The molecule has 1 aliphatic rings. The van der Waals surface area contributed by atoms with E-state index in [-0.39, 0.29) is 12.5 Å². The number of esters is 1. The van der Waals surface area contributed by atoms with Gasteiger partial charge in [-0.1, -0.05) is 12.8 Å². The summed E-state index contributed by atoms with van der Waals surface area (Å²) in [7, 11) is 1.13. The van der Waals surface area contributed by atoms with E-state index in [9.17, 15) is 13.6 Å². The van der Waals surface area contributed by atoms with Gasteiger partial charge in [0.1, 0.15) is 5.41 Å². The predicted octanol–water partition coefficient (Wildman–Crippen LogP) is 1.56. The zero-order valence-electron chi connectivity index (χ0n) is 8.84. The summed E-state index contributed by atoms with van der Waals surface area (Å²) in [5, 5.41) is 0. The van der Waals surface area contributed by atoms with E-state index in [1.54, 1.807) is 0 Å². The lowest BCUT2D eigenvalue weighted by Gasteiger charge is -2.34. The summed E-state index contributed by atoms with van der Waals surface area (Å²) in [6.45, 7) is -0.345. The average Bonchev–Trinajstić information content (AvgIpc) is 2.72. The maximum Gasteiger partial charge on any atom is 0.319 e. The number of rotatable bonds is 4. The van der Waals surface area contributed by atoms with Crippen molar-refractivity contribution in [1.82, 2.24) is 0 Å². The van der Waals surface area contributed by atoms with E-state index >= 15 is 0 Å². The van der Waals surface area contributed by atoms with Crippen LogP contribution in [0.4, 0.5) is 8.78 Å². The van der Waals surface area contributed by atoms with Crippen molar-refractivity contribution in [3.63, 3.8) is 0 Å². The van der Waals surface area contributed by atoms with Gasteiger partial charge in [0.25, 0.3) is 6.43 Å². The third-order valence-electron chi connectivity index (χ3n) is 3.38. The van der Waals surface area contributed by atoms with Gasteiger partial charge < -0.3 is 10.5 Å². The van der Waals surface area contributed by atoms with Crippen LogP contribution in [0.15, 0.2) is 0 Å². The standard InChI is InChI=1S/C10H17F2NO2/c1-15-9(14)10(6-13,8(11)12)7-4-2-3-5-7/h7-8H,2-6,13H2,1H3. The van der Waals surface area contributed by atoms with E-state index in [1.165, 1.54) is 0 Å². The molecule has 0 aromatic heterocycles. The van der Waals surface area contributed by atoms with E-state index < -0.39 is 17.8 Å². The fourth-order valence-electron chi connectivity index (χ4n) is 2.40. The summed E-state index contributed by atoms with van der Waals surface area (Å²) < 4.78 is 30.6. The molecule has 0 bridgehead atoms. The molecule has 0 amide bonds. The lowest BCUT2D eigenvalue weighted by molar-refractivity contribution is -0.168. The van der Waals surface area contributed by atoms with Gasteiger partial charge in [-0.25, -0.2) is 8.78 Å². The van der Waals surface area contributed by atoms with E-state index in [0.717, 1.165) is 20.0 Å². The van der Waals surface area contributed by atoms with Gasteiger partial charge in [-0.05, 0) is 18.8 Å². The van der Waals surface area contributed by atoms with Crippen LogP contribution in [0.3, 0.4) is 0 Å². The normalized spacial score (nSPS) is 21.7. The first-order valence-electron chi connectivity index (χ1n) is 5.16. The number of carbonyl (C=O) groups excluding carboxylic acids is 1. The number of alkyl halides is 2. The highest BCUT2D eigenvalue weighted by molar-refractivity contribution is 5.78. The van der Waals surface area contributed by atoms with E-state index in [1.807, 2.05) is 0 Å². The molecule has 0 aromatic carbocycles. The molecule has 0 heterocycles. The smallest absolute Gasteiger partial charge is 0.319 e. The second-order valence-corrected chi connectivity index (χ2v) is 4.02. The number of hydrogen-bond acceptors (Lipinski definition) is 3. The minimum Gasteiger partial charge on any atom is -0.468 e. The fourth-order valence-corrected chi connectivity index (χ4v) is 2.40. The highest BCUT2D eigenvalue weighted by atomic mass is 19.3. The number of carbonyl (C=O) groups is 1. The van der Waals surface area contributed by atoms with Gasteiger partial charge in [-0.3, -0.25) is 4.79 Å². The van der Waals surface area contributed by atoms with E-state index in [0.29, 0.717) is 12.8 Å². The summed E-state index contributed by atoms with van der Waals surface area (Å²) in [5.74, 6) is -1.21. The third-order valence-corrected chi connectivity index (χ3v) is 3.38. The predicted molar refractivity (Wildman–Crippen MR) is 51.5 cm³/mol. The zero-order chi connectivity index (χ0) is 11.5. The molecule has 1 rings (SSSR count). The van der Waals surface area contributed by atoms with Crippen molar-refractivity contribution in [1.29, 1.82) is 0 Å². The van der Waals surface area contributed by atoms with Crippen molar-refractivity contribution >= 4 is 5.97 Å². The lowest BCUT2D eigenvalue weighted by Crippen LogP contribution is -2.50. The van der Waals surface area contributed by atoms with Crippen molar-refractivity contribution in [3.05, 3.63) is 0 Å². The molecular weight excluding hydrogens is 204 g/mol. The van der Waals surface area contributed by atoms with Crippen LogP contribution in [-0.2, 0) is 9.53 Å². The molecule has 15 heavy (non-hydrogen) atoms. The van der Waals surface area contributed by atoms with Gasteiger partial charge in [0.15, 0.2) is 0 Å². The number of nitrogens with two attached hydrogens (primary N) is 1. The average molecular weight is 221 g/mol. The molecule has 3 nitrogen and oxygen atoms in total. The van der Waals surface area contributed by atoms with Crippen LogP contribution in [-0.4, -0.2) is 26.0 Å². The van der Waals surface area contributed by atoms with Gasteiger partial charge in [-0.2, -0.15) is 0 Å². The molecule has 1 saturated carbocycles. The molecule has 1 aliphatic carbocycles. The summed E-state index contributed by atoms with van der Waals surface area (Å²) in [4.78, 5) is 11.5. The molecule has 1 unspecified atom stereocenters. The quantitative estimate of drug-likeness (QED) is 0.733. The third kappa shape index (κ3) is 1.97. The first kappa shape index (κ1) is 12.4. The fraction of sp³-hybridized carbons (Fsp3) is 0.900. The monoisotopic (exact) mass is 221 g/mol. The van der Waals surface area contributed by atoms with Crippen LogP contribution >= 0.6 is 0 Å². The van der Waals surface area contributed by atoms with Crippen LogP contribution in [0.1, 0.15) is 25.7 Å². The Morgan fingerprint density at radius 2 is 2.07 bits per heavy atom. The van der Waals surface area contributed by atoms with Crippen LogP contribution in [0.25, 0.3) is 0 Å². The second-order valence-electron chi connectivity index (χ2n) is 4.02. The van der Waals surface area contributed by atoms with E-state index in [4.69, 9.17) is 5.73 Å². The van der Waals surface area contributed by atoms with Gasteiger partial charge in [0.2, 0.25) is 0 Å². The highest BCUT2D eigenvalue weighted by Gasteiger charge is 2.53. The topological polar surface area (TPSA) is 52.3 Å². The summed E-state index contributed by atoms with van der Waals surface area (Å²) >= 11 is 0. The molecule has 2 N–H and O–H groups in total. The Morgan fingerprint density at radius 3 is 2.40 bits per heavy atom. The first-order chi connectivity index (χ1) is 7.09. The molecular formula is C10H17F2NO2. The Bertz CT molecular complexity index is 229. The highest BCUT2D eigenvalue weighted by Crippen LogP contribution is 2.44. The maximum atomic E-state index is 13.1. The maximum absolute atomic E-state index is 13.1. The Kier molecular flexibility index (Phi) is 4.02. The number of hydrogen-bond donors (Lipinski definition) is 1. The molecule has 0 aromatic rings. The molecule has 0 radical (unpaired) electrons. The van der Waals surface area contributed by atoms with Gasteiger partial charge in [0.05, 0.1) is 7.11 Å². The zero-order valence-corrected chi connectivity index (χ0v) is 8.84. The molecule has 1 fully saturated rings. The summed E-state index contributed by atoms with van der Waals surface area (Å²) in [5.41, 5.74) is 3.60. The first-order valence-corrected chi connectivity index (χ1v) is 5.16. The molecule has 0 saturated heterocycles. The number of methoxy groups -OCH3 is 1. The van der Waals surface area contributed by atoms with Crippen molar-refractivity contribution in [3.8, 4) is 0 Å². The van der Waals surface area contributed by atoms with Gasteiger partial charge >= 0.3 is 5.97 Å². The van der Waals surface area contributed by atoms with Gasteiger partial charge in [-0.15, -0.1) is 0 Å². The largest absolute Gasteiger partial charge is 0.468 e.